The van der Waals surface area contributed by atoms with Crippen LogP contribution in [0.1, 0.15) is 18.9 Å². The van der Waals surface area contributed by atoms with E-state index in [4.69, 9.17) is 4.74 Å². The van der Waals surface area contributed by atoms with Gasteiger partial charge in [0.05, 0.1) is 6.61 Å². The highest BCUT2D eigenvalue weighted by Crippen LogP contribution is 2.20. The summed E-state index contributed by atoms with van der Waals surface area (Å²) in [6.45, 7) is 3.66. The van der Waals surface area contributed by atoms with Crippen LogP contribution in [0.4, 0.5) is 0 Å². The normalized spacial score (nSPS) is 10.4. The number of hydrogen-bond donors (Lipinski definition) is 0. The molecule has 0 bridgehead atoms. The molecule has 0 amide bonds. The molecule has 0 radical (unpaired) electrons. The topological polar surface area (TPSA) is 9.23 Å². The average molecular weight is 226 g/mol. The number of ether oxygens (including phenoxy) is 1. The van der Waals surface area contributed by atoms with E-state index in [1.54, 1.807) is 0 Å². The van der Waals surface area contributed by atoms with Crippen LogP contribution in [0.25, 0.3) is 11.1 Å². The fraction of sp³-hybridized carbons (Fsp3) is 0.250. The Kier molecular flexibility index (Phi) is 4.34. The summed E-state index contributed by atoms with van der Waals surface area (Å²) >= 11 is 0. The Labute approximate surface area is 103 Å². The first kappa shape index (κ1) is 11.9. The van der Waals surface area contributed by atoms with E-state index in [0.29, 0.717) is 6.61 Å². The fourth-order valence-corrected chi connectivity index (χ4v) is 1.81. The van der Waals surface area contributed by atoms with Crippen molar-refractivity contribution in [3.63, 3.8) is 0 Å². The highest BCUT2D eigenvalue weighted by atomic mass is 16.5. The van der Waals surface area contributed by atoms with Crippen LogP contribution in [0.5, 0.6) is 0 Å². The average Bonchev–Trinajstić information content (AvgIpc) is 2.41. The summed E-state index contributed by atoms with van der Waals surface area (Å²) in [5.74, 6) is 0. The number of hydrogen-bond acceptors (Lipinski definition) is 1. The molecule has 2 rings (SSSR count). The smallest absolute Gasteiger partial charge is 0.0717 e. The van der Waals surface area contributed by atoms with Crippen LogP contribution < -0.4 is 0 Å². The molecule has 0 saturated carbocycles. The van der Waals surface area contributed by atoms with Crippen molar-refractivity contribution in [1.29, 1.82) is 0 Å². The molecule has 0 unspecified atom stereocenters. The molecule has 2 aromatic rings. The molecule has 0 aliphatic heterocycles. The number of rotatable bonds is 5. The van der Waals surface area contributed by atoms with Gasteiger partial charge in [-0.1, -0.05) is 55.5 Å². The molecular weight excluding hydrogens is 208 g/mol. The Hall–Kier alpha value is -1.60. The summed E-state index contributed by atoms with van der Waals surface area (Å²) in [4.78, 5) is 0. The molecule has 0 N–H and O–H groups in total. The first-order valence-corrected chi connectivity index (χ1v) is 6.12. The van der Waals surface area contributed by atoms with Crippen molar-refractivity contribution in [3.8, 4) is 11.1 Å². The maximum absolute atomic E-state index is 5.56. The highest BCUT2D eigenvalue weighted by molar-refractivity contribution is 5.63. The maximum atomic E-state index is 5.56. The van der Waals surface area contributed by atoms with Crippen LogP contribution in [-0.4, -0.2) is 6.61 Å². The first-order valence-electron chi connectivity index (χ1n) is 6.12. The molecule has 0 saturated heterocycles. The zero-order chi connectivity index (χ0) is 11.9. The van der Waals surface area contributed by atoms with Gasteiger partial charge in [0, 0.05) is 6.61 Å². The monoisotopic (exact) mass is 226 g/mol. The summed E-state index contributed by atoms with van der Waals surface area (Å²) in [6.07, 6.45) is 1.07. The maximum Gasteiger partial charge on any atom is 0.0717 e. The minimum Gasteiger partial charge on any atom is -0.377 e. The van der Waals surface area contributed by atoms with Gasteiger partial charge in [0.15, 0.2) is 0 Å². The van der Waals surface area contributed by atoms with Crippen molar-refractivity contribution in [2.45, 2.75) is 20.0 Å². The second-order valence-corrected chi connectivity index (χ2v) is 4.12. The molecular formula is C16H18O. The second-order valence-electron chi connectivity index (χ2n) is 4.12. The predicted octanol–water partition coefficient (Wildman–Crippen LogP) is 4.28. The summed E-state index contributed by atoms with van der Waals surface area (Å²) in [5, 5.41) is 0. The van der Waals surface area contributed by atoms with E-state index < -0.39 is 0 Å². The zero-order valence-electron chi connectivity index (χ0n) is 10.2. The van der Waals surface area contributed by atoms with Crippen molar-refractivity contribution >= 4 is 0 Å². The van der Waals surface area contributed by atoms with Gasteiger partial charge < -0.3 is 4.74 Å². The van der Waals surface area contributed by atoms with Gasteiger partial charge >= 0.3 is 0 Å². The van der Waals surface area contributed by atoms with Crippen LogP contribution >= 0.6 is 0 Å². The van der Waals surface area contributed by atoms with Crippen LogP contribution in [0.15, 0.2) is 54.6 Å². The van der Waals surface area contributed by atoms with Crippen molar-refractivity contribution in [2.24, 2.45) is 0 Å². The van der Waals surface area contributed by atoms with Crippen LogP contribution in [-0.2, 0) is 11.3 Å². The standard InChI is InChI=1S/C16H18O/c1-2-11-17-13-14-7-6-10-16(12-14)15-8-4-3-5-9-15/h3-10,12H,2,11,13H2,1H3. The van der Waals surface area contributed by atoms with E-state index in [0.717, 1.165) is 13.0 Å². The van der Waals surface area contributed by atoms with Gasteiger partial charge in [0.2, 0.25) is 0 Å². The summed E-state index contributed by atoms with van der Waals surface area (Å²) in [6, 6.07) is 19.0. The number of benzene rings is 2. The lowest BCUT2D eigenvalue weighted by molar-refractivity contribution is 0.121. The van der Waals surface area contributed by atoms with E-state index in [-0.39, 0.29) is 0 Å². The molecule has 2 aromatic carbocycles. The summed E-state index contributed by atoms with van der Waals surface area (Å²) in [7, 11) is 0. The van der Waals surface area contributed by atoms with Gasteiger partial charge in [-0.3, -0.25) is 0 Å². The minimum absolute atomic E-state index is 0.703. The van der Waals surface area contributed by atoms with E-state index in [2.05, 4.69) is 55.5 Å². The Morgan fingerprint density at radius 2 is 1.65 bits per heavy atom. The van der Waals surface area contributed by atoms with Gasteiger partial charge in [-0.2, -0.15) is 0 Å². The molecule has 0 heterocycles. The van der Waals surface area contributed by atoms with Crippen LogP contribution in [0.2, 0.25) is 0 Å². The quantitative estimate of drug-likeness (QED) is 0.691. The first-order chi connectivity index (χ1) is 8.40. The van der Waals surface area contributed by atoms with E-state index in [1.165, 1.54) is 16.7 Å². The third-order valence-corrected chi connectivity index (χ3v) is 2.65. The molecule has 0 aliphatic rings. The third kappa shape index (κ3) is 3.43. The molecule has 17 heavy (non-hydrogen) atoms. The molecule has 1 heteroatoms. The van der Waals surface area contributed by atoms with Crippen molar-refractivity contribution in [3.05, 3.63) is 60.2 Å². The van der Waals surface area contributed by atoms with Crippen LogP contribution in [0.3, 0.4) is 0 Å². The molecule has 1 nitrogen and oxygen atoms in total. The zero-order valence-corrected chi connectivity index (χ0v) is 10.2. The van der Waals surface area contributed by atoms with Crippen LogP contribution in [0, 0.1) is 0 Å². The third-order valence-electron chi connectivity index (χ3n) is 2.65. The van der Waals surface area contributed by atoms with E-state index in [9.17, 15) is 0 Å². The van der Waals surface area contributed by atoms with E-state index in [1.807, 2.05) is 6.07 Å². The summed E-state index contributed by atoms with van der Waals surface area (Å²) < 4.78 is 5.56. The van der Waals surface area contributed by atoms with Crippen molar-refractivity contribution < 1.29 is 4.74 Å². The molecule has 0 spiro atoms. The lowest BCUT2D eigenvalue weighted by atomic mass is 10.0. The van der Waals surface area contributed by atoms with E-state index >= 15 is 0 Å². The van der Waals surface area contributed by atoms with Crippen molar-refractivity contribution in [2.75, 3.05) is 6.61 Å². The Morgan fingerprint density at radius 1 is 0.882 bits per heavy atom. The molecule has 0 atom stereocenters. The Morgan fingerprint density at radius 3 is 2.41 bits per heavy atom. The fourth-order valence-electron chi connectivity index (χ4n) is 1.81. The molecule has 0 aliphatic carbocycles. The lowest BCUT2D eigenvalue weighted by Gasteiger charge is -2.06. The van der Waals surface area contributed by atoms with Crippen molar-refractivity contribution in [1.82, 2.24) is 0 Å². The highest BCUT2D eigenvalue weighted by Gasteiger charge is 1.98. The van der Waals surface area contributed by atoms with Gasteiger partial charge in [-0.15, -0.1) is 0 Å². The molecule has 0 fully saturated rings. The Balaban J connectivity index is 2.12. The molecule has 88 valence electrons. The van der Waals surface area contributed by atoms with Gasteiger partial charge in [0.1, 0.15) is 0 Å². The Bertz CT molecular complexity index is 448. The SMILES string of the molecule is CCCOCc1cccc(-c2ccccc2)c1. The lowest BCUT2D eigenvalue weighted by Crippen LogP contribution is -1.94. The van der Waals surface area contributed by atoms with Gasteiger partial charge in [-0.25, -0.2) is 0 Å². The molecule has 0 aromatic heterocycles. The predicted molar refractivity (Wildman–Crippen MR) is 71.8 cm³/mol. The largest absolute Gasteiger partial charge is 0.377 e. The van der Waals surface area contributed by atoms with Gasteiger partial charge in [0.25, 0.3) is 0 Å². The minimum atomic E-state index is 0.703. The summed E-state index contributed by atoms with van der Waals surface area (Å²) in [5.41, 5.74) is 3.74. The second kappa shape index (κ2) is 6.21. The van der Waals surface area contributed by atoms with Gasteiger partial charge in [-0.05, 0) is 29.2 Å².